The number of hydrogen-bond donors (Lipinski definition) is 2. The number of anilines is 1. The third kappa shape index (κ3) is 3.72. The van der Waals surface area contributed by atoms with Crippen LogP contribution >= 0.6 is 0 Å². The molecular formula is C20H19FN4O2. The summed E-state index contributed by atoms with van der Waals surface area (Å²) in [4.78, 5) is 30.7. The highest BCUT2D eigenvalue weighted by Crippen LogP contribution is 2.27. The fourth-order valence-corrected chi connectivity index (χ4v) is 2.82. The minimum absolute atomic E-state index is 0.243. The van der Waals surface area contributed by atoms with Gasteiger partial charge in [-0.1, -0.05) is 36.4 Å². The molecule has 3 rings (SSSR count). The van der Waals surface area contributed by atoms with E-state index in [2.05, 4.69) is 22.2 Å². The lowest BCUT2D eigenvalue weighted by molar-refractivity contribution is -0.119. The molecule has 3 amide bonds. The molecule has 2 aromatic carbocycles. The number of likely N-dealkylation sites (N-methyl/N-ethyl adjacent to an activating group) is 1. The minimum Gasteiger partial charge on any atom is -0.335 e. The van der Waals surface area contributed by atoms with Crippen LogP contribution in [0.15, 0.2) is 66.2 Å². The molecule has 1 atom stereocenters. The van der Waals surface area contributed by atoms with Crippen LogP contribution in [-0.4, -0.2) is 37.4 Å². The number of nitrogens with one attached hydrogen (secondary N) is 2. The van der Waals surface area contributed by atoms with Gasteiger partial charge in [-0.2, -0.15) is 0 Å². The van der Waals surface area contributed by atoms with Crippen molar-refractivity contribution in [1.82, 2.24) is 10.6 Å². The largest absolute Gasteiger partial charge is 0.335 e. The summed E-state index contributed by atoms with van der Waals surface area (Å²) in [6.45, 7) is 3.77. The standard InChI is InChI=1S/C20H19FN4O2/c1-3-12-22-20(27)24-18-19(26)25(2)16-11-7-5-9-14(16)17(23-18)13-8-4-6-10-15(13)21/h3-11,18H,1,12H2,2H3,(H2,22,24,27). The molecule has 1 unspecified atom stereocenters. The van der Waals surface area contributed by atoms with Gasteiger partial charge < -0.3 is 15.5 Å². The van der Waals surface area contributed by atoms with Gasteiger partial charge in [0.25, 0.3) is 5.91 Å². The number of benzene rings is 2. The molecule has 0 aromatic heterocycles. The highest BCUT2D eigenvalue weighted by molar-refractivity contribution is 6.20. The van der Waals surface area contributed by atoms with Gasteiger partial charge in [0.2, 0.25) is 6.17 Å². The van der Waals surface area contributed by atoms with Gasteiger partial charge in [0, 0.05) is 24.7 Å². The van der Waals surface area contributed by atoms with Crippen molar-refractivity contribution in [3.05, 3.63) is 78.1 Å². The van der Waals surface area contributed by atoms with E-state index in [0.717, 1.165) is 0 Å². The van der Waals surface area contributed by atoms with Crippen molar-refractivity contribution in [3.63, 3.8) is 0 Å². The van der Waals surface area contributed by atoms with Gasteiger partial charge in [-0.05, 0) is 18.2 Å². The van der Waals surface area contributed by atoms with Crippen molar-refractivity contribution in [1.29, 1.82) is 0 Å². The van der Waals surface area contributed by atoms with Crippen molar-refractivity contribution in [2.24, 2.45) is 4.99 Å². The normalized spacial score (nSPS) is 16.1. The summed E-state index contributed by atoms with van der Waals surface area (Å²) in [5.41, 5.74) is 1.75. The molecule has 0 saturated heterocycles. The number of aliphatic imine (C=N–C) groups is 1. The highest BCUT2D eigenvalue weighted by atomic mass is 19.1. The second-order valence-electron chi connectivity index (χ2n) is 5.92. The Morgan fingerprint density at radius 1 is 1.22 bits per heavy atom. The number of carbonyl (C=O) groups is 2. The third-order valence-corrected chi connectivity index (χ3v) is 4.15. The van der Waals surface area contributed by atoms with Crippen molar-refractivity contribution in [2.75, 3.05) is 18.5 Å². The Morgan fingerprint density at radius 3 is 2.59 bits per heavy atom. The van der Waals surface area contributed by atoms with E-state index in [0.29, 0.717) is 17.0 Å². The van der Waals surface area contributed by atoms with E-state index >= 15 is 0 Å². The fraction of sp³-hybridized carbons (Fsp3) is 0.150. The number of urea groups is 1. The molecule has 27 heavy (non-hydrogen) atoms. The number of carbonyl (C=O) groups excluding carboxylic acids is 2. The van der Waals surface area contributed by atoms with E-state index in [1.807, 2.05) is 0 Å². The summed E-state index contributed by atoms with van der Waals surface area (Å²) < 4.78 is 14.5. The fourth-order valence-electron chi connectivity index (χ4n) is 2.82. The molecule has 2 aromatic rings. The van der Waals surface area contributed by atoms with Crippen LogP contribution < -0.4 is 15.5 Å². The molecule has 0 bridgehead atoms. The molecule has 138 valence electrons. The lowest BCUT2D eigenvalue weighted by Gasteiger charge is -2.20. The molecule has 1 aliphatic rings. The number of fused-ring (bicyclic) bond motifs is 1. The topological polar surface area (TPSA) is 73.8 Å². The lowest BCUT2D eigenvalue weighted by Crippen LogP contribution is -2.49. The van der Waals surface area contributed by atoms with Crippen molar-refractivity contribution >= 4 is 23.3 Å². The van der Waals surface area contributed by atoms with Gasteiger partial charge in [-0.3, -0.25) is 4.79 Å². The molecule has 0 spiro atoms. The molecule has 1 aliphatic heterocycles. The molecular weight excluding hydrogens is 347 g/mol. The smallest absolute Gasteiger partial charge is 0.317 e. The first kappa shape index (κ1) is 18.3. The summed E-state index contributed by atoms with van der Waals surface area (Å²) >= 11 is 0. The number of para-hydroxylation sites is 1. The molecule has 1 heterocycles. The van der Waals surface area contributed by atoms with Gasteiger partial charge in [-0.25, -0.2) is 14.2 Å². The Labute approximate surface area is 156 Å². The zero-order valence-corrected chi connectivity index (χ0v) is 14.8. The zero-order valence-electron chi connectivity index (χ0n) is 14.8. The first-order valence-corrected chi connectivity index (χ1v) is 8.38. The first-order valence-electron chi connectivity index (χ1n) is 8.38. The number of nitrogens with zero attached hydrogens (tertiary/aromatic N) is 2. The van der Waals surface area contributed by atoms with Crippen molar-refractivity contribution in [2.45, 2.75) is 6.17 Å². The van der Waals surface area contributed by atoms with Crippen LogP contribution in [0.1, 0.15) is 11.1 Å². The molecule has 0 radical (unpaired) electrons. The monoisotopic (exact) mass is 366 g/mol. The molecule has 2 N–H and O–H groups in total. The molecule has 6 nitrogen and oxygen atoms in total. The Bertz CT molecular complexity index is 926. The average molecular weight is 366 g/mol. The van der Waals surface area contributed by atoms with Crippen LogP contribution in [-0.2, 0) is 4.79 Å². The van der Waals surface area contributed by atoms with E-state index in [-0.39, 0.29) is 12.1 Å². The van der Waals surface area contributed by atoms with Crippen LogP contribution in [0.25, 0.3) is 0 Å². The summed E-state index contributed by atoms with van der Waals surface area (Å²) in [5, 5.41) is 5.07. The quantitative estimate of drug-likeness (QED) is 0.816. The molecule has 7 heteroatoms. The van der Waals surface area contributed by atoms with Crippen LogP contribution in [0, 0.1) is 5.82 Å². The van der Waals surface area contributed by atoms with E-state index in [1.165, 1.54) is 17.0 Å². The van der Waals surface area contributed by atoms with Crippen molar-refractivity contribution < 1.29 is 14.0 Å². The van der Waals surface area contributed by atoms with E-state index < -0.39 is 23.9 Å². The van der Waals surface area contributed by atoms with Gasteiger partial charge in [0.1, 0.15) is 5.82 Å². The van der Waals surface area contributed by atoms with Gasteiger partial charge >= 0.3 is 6.03 Å². The maximum absolute atomic E-state index is 14.5. The van der Waals surface area contributed by atoms with Crippen molar-refractivity contribution in [3.8, 4) is 0 Å². The number of halogens is 1. The van der Waals surface area contributed by atoms with E-state index in [9.17, 15) is 14.0 Å². The molecule has 0 aliphatic carbocycles. The first-order chi connectivity index (χ1) is 13.0. The molecule has 0 fully saturated rings. The van der Waals surface area contributed by atoms with Gasteiger partial charge in [0.05, 0.1) is 11.4 Å². The number of rotatable bonds is 4. The average Bonchev–Trinajstić information content (AvgIpc) is 2.78. The second kappa shape index (κ2) is 7.82. The predicted molar refractivity (Wildman–Crippen MR) is 102 cm³/mol. The lowest BCUT2D eigenvalue weighted by atomic mass is 10.00. The Hall–Kier alpha value is -3.48. The van der Waals surface area contributed by atoms with Crippen LogP contribution in [0.2, 0.25) is 0 Å². The van der Waals surface area contributed by atoms with Crippen LogP contribution in [0.5, 0.6) is 0 Å². The Morgan fingerprint density at radius 2 is 1.89 bits per heavy atom. The predicted octanol–water partition coefficient (Wildman–Crippen LogP) is 2.45. The number of hydrogen-bond acceptors (Lipinski definition) is 3. The summed E-state index contributed by atoms with van der Waals surface area (Å²) in [6.07, 6.45) is 0.326. The third-order valence-electron chi connectivity index (χ3n) is 4.15. The second-order valence-corrected chi connectivity index (χ2v) is 5.92. The maximum atomic E-state index is 14.5. The highest BCUT2D eigenvalue weighted by Gasteiger charge is 2.31. The van der Waals surface area contributed by atoms with Crippen LogP contribution in [0.4, 0.5) is 14.9 Å². The Kier molecular flexibility index (Phi) is 5.30. The van der Waals surface area contributed by atoms with Crippen LogP contribution in [0.3, 0.4) is 0 Å². The summed E-state index contributed by atoms with van der Waals surface area (Å²) in [7, 11) is 1.59. The van der Waals surface area contributed by atoms with Gasteiger partial charge in [0.15, 0.2) is 0 Å². The molecule has 0 saturated carbocycles. The van der Waals surface area contributed by atoms with E-state index in [1.54, 1.807) is 49.5 Å². The number of amides is 3. The summed E-state index contributed by atoms with van der Waals surface area (Å²) in [5.74, 6) is -0.888. The SMILES string of the molecule is C=CCNC(=O)NC1N=C(c2ccccc2F)c2ccccc2N(C)C1=O. The van der Waals surface area contributed by atoms with E-state index in [4.69, 9.17) is 0 Å². The minimum atomic E-state index is -1.19. The zero-order chi connectivity index (χ0) is 19.4. The number of benzodiazepines with no additional fused rings is 1. The van der Waals surface area contributed by atoms with Gasteiger partial charge in [-0.15, -0.1) is 6.58 Å². The maximum Gasteiger partial charge on any atom is 0.317 e. The summed E-state index contributed by atoms with van der Waals surface area (Å²) in [6, 6.07) is 12.7. The Balaban J connectivity index is 2.10.